The summed E-state index contributed by atoms with van der Waals surface area (Å²) in [4.78, 5) is 0.256. The Morgan fingerprint density at radius 3 is 2.50 bits per heavy atom. The summed E-state index contributed by atoms with van der Waals surface area (Å²) >= 11 is 5.91. The van der Waals surface area contributed by atoms with Gasteiger partial charge in [-0.15, -0.1) is 0 Å². The Bertz CT molecular complexity index is 773. The van der Waals surface area contributed by atoms with Gasteiger partial charge < -0.3 is 4.74 Å². The van der Waals surface area contributed by atoms with Gasteiger partial charge in [0.2, 0.25) is 10.0 Å². The highest BCUT2D eigenvalue weighted by molar-refractivity contribution is 7.89. The summed E-state index contributed by atoms with van der Waals surface area (Å²) in [5.74, 6) is 0.727. The molecule has 0 atom stereocenters. The largest absolute Gasteiger partial charge is 0.489 e. The molecule has 22 heavy (non-hydrogen) atoms. The van der Waals surface area contributed by atoms with Crippen molar-refractivity contribution in [2.75, 3.05) is 14.1 Å². The molecule has 4 nitrogen and oxygen atoms in total. The zero-order chi connectivity index (χ0) is 16.3. The van der Waals surface area contributed by atoms with Gasteiger partial charge in [-0.1, -0.05) is 23.7 Å². The third-order valence-corrected chi connectivity index (χ3v) is 5.25. The van der Waals surface area contributed by atoms with Crippen molar-refractivity contribution in [1.82, 2.24) is 4.31 Å². The smallest absolute Gasteiger partial charge is 0.242 e. The molecule has 2 aromatic carbocycles. The molecule has 0 heterocycles. The first-order valence-electron chi connectivity index (χ1n) is 6.71. The van der Waals surface area contributed by atoms with E-state index >= 15 is 0 Å². The van der Waals surface area contributed by atoms with Crippen molar-refractivity contribution < 1.29 is 13.2 Å². The van der Waals surface area contributed by atoms with Crippen LogP contribution in [0.2, 0.25) is 5.02 Å². The number of hydrogen-bond acceptors (Lipinski definition) is 3. The van der Waals surface area contributed by atoms with E-state index in [1.807, 2.05) is 19.1 Å². The number of benzene rings is 2. The monoisotopic (exact) mass is 339 g/mol. The molecule has 0 fully saturated rings. The van der Waals surface area contributed by atoms with Crippen LogP contribution in [0.5, 0.6) is 5.75 Å². The molecule has 6 heteroatoms. The van der Waals surface area contributed by atoms with Crippen LogP contribution in [0, 0.1) is 6.92 Å². The van der Waals surface area contributed by atoms with Crippen molar-refractivity contribution in [3.63, 3.8) is 0 Å². The van der Waals surface area contributed by atoms with Crippen LogP contribution in [0.1, 0.15) is 11.1 Å². The molecule has 0 saturated carbocycles. The Morgan fingerprint density at radius 2 is 1.86 bits per heavy atom. The van der Waals surface area contributed by atoms with E-state index in [2.05, 4.69) is 0 Å². The predicted octanol–water partition coefficient (Wildman–Crippen LogP) is 3.48. The third-order valence-electron chi connectivity index (χ3n) is 3.21. The first-order chi connectivity index (χ1) is 10.3. The minimum Gasteiger partial charge on any atom is -0.489 e. The SMILES string of the molecule is Cc1cc(Cl)ccc1OCc1cccc(S(=O)(=O)N(C)C)c1. The lowest BCUT2D eigenvalue weighted by atomic mass is 10.2. The molecule has 0 aliphatic carbocycles. The second-order valence-corrected chi connectivity index (χ2v) is 7.72. The lowest BCUT2D eigenvalue weighted by Crippen LogP contribution is -2.22. The maximum absolute atomic E-state index is 12.1. The Labute approximate surface area is 136 Å². The maximum atomic E-state index is 12.1. The van der Waals surface area contributed by atoms with E-state index in [0.717, 1.165) is 16.9 Å². The predicted molar refractivity (Wildman–Crippen MR) is 87.8 cm³/mol. The normalized spacial score (nSPS) is 11.7. The van der Waals surface area contributed by atoms with E-state index in [9.17, 15) is 8.42 Å². The molecule has 0 amide bonds. The van der Waals surface area contributed by atoms with Crippen LogP contribution in [0.4, 0.5) is 0 Å². The molecule has 0 unspecified atom stereocenters. The average Bonchev–Trinajstić information content (AvgIpc) is 2.46. The van der Waals surface area contributed by atoms with Gasteiger partial charge in [0.1, 0.15) is 12.4 Å². The first kappa shape index (κ1) is 16.8. The van der Waals surface area contributed by atoms with Gasteiger partial charge in [-0.05, 0) is 48.4 Å². The first-order valence-corrected chi connectivity index (χ1v) is 8.53. The highest BCUT2D eigenvalue weighted by Crippen LogP contribution is 2.23. The highest BCUT2D eigenvalue weighted by atomic mass is 35.5. The number of nitrogens with zero attached hydrogens (tertiary/aromatic N) is 1. The second-order valence-electron chi connectivity index (χ2n) is 5.13. The summed E-state index contributed by atoms with van der Waals surface area (Å²) in [5, 5.41) is 0.656. The van der Waals surface area contributed by atoms with Gasteiger partial charge in [-0.3, -0.25) is 0 Å². The summed E-state index contributed by atoms with van der Waals surface area (Å²) < 4.78 is 31.2. The standard InChI is InChI=1S/C16H18ClNO3S/c1-12-9-14(17)7-8-16(12)21-11-13-5-4-6-15(10-13)22(19,20)18(2)3/h4-10H,11H2,1-3H3. The van der Waals surface area contributed by atoms with Gasteiger partial charge in [-0.25, -0.2) is 12.7 Å². The summed E-state index contributed by atoms with van der Waals surface area (Å²) in [7, 11) is -0.417. The molecule has 0 aromatic heterocycles. The molecule has 0 aliphatic heterocycles. The van der Waals surface area contributed by atoms with Gasteiger partial charge in [0, 0.05) is 19.1 Å². The minimum absolute atomic E-state index is 0.256. The van der Waals surface area contributed by atoms with E-state index in [1.165, 1.54) is 18.4 Å². The van der Waals surface area contributed by atoms with Crippen LogP contribution < -0.4 is 4.74 Å². The average molecular weight is 340 g/mol. The van der Waals surface area contributed by atoms with E-state index in [1.54, 1.807) is 30.3 Å². The molecule has 0 radical (unpaired) electrons. The molecule has 2 aromatic rings. The summed E-state index contributed by atoms with van der Waals surface area (Å²) in [6, 6.07) is 12.1. The molecule has 118 valence electrons. The highest BCUT2D eigenvalue weighted by Gasteiger charge is 2.17. The topological polar surface area (TPSA) is 46.6 Å². The fourth-order valence-electron chi connectivity index (χ4n) is 1.94. The number of halogens is 1. The van der Waals surface area contributed by atoms with Gasteiger partial charge in [0.15, 0.2) is 0 Å². The summed E-state index contributed by atoms with van der Waals surface area (Å²) in [6.45, 7) is 2.20. The number of sulfonamides is 1. The van der Waals surface area contributed by atoms with Crippen LogP contribution in [0.3, 0.4) is 0 Å². The van der Waals surface area contributed by atoms with Gasteiger partial charge in [0.05, 0.1) is 4.90 Å². The van der Waals surface area contributed by atoms with E-state index in [-0.39, 0.29) is 4.90 Å². The van der Waals surface area contributed by atoms with Gasteiger partial charge in [0.25, 0.3) is 0 Å². The number of rotatable bonds is 5. The number of ether oxygens (including phenoxy) is 1. The number of hydrogen-bond donors (Lipinski definition) is 0. The molecule has 0 saturated heterocycles. The van der Waals surface area contributed by atoms with Crippen molar-refractivity contribution in [3.05, 3.63) is 58.6 Å². The zero-order valence-electron chi connectivity index (χ0n) is 12.7. The van der Waals surface area contributed by atoms with Gasteiger partial charge >= 0.3 is 0 Å². The maximum Gasteiger partial charge on any atom is 0.242 e. The fourth-order valence-corrected chi connectivity index (χ4v) is 3.14. The van der Waals surface area contributed by atoms with Crippen molar-refractivity contribution in [1.29, 1.82) is 0 Å². The summed E-state index contributed by atoms with van der Waals surface area (Å²) in [6.07, 6.45) is 0. The van der Waals surface area contributed by atoms with E-state index in [4.69, 9.17) is 16.3 Å². The lowest BCUT2D eigenvalue weighted by molar-refractivity contribution is 0.304. The van der Waals surface area contributed by atoms with Gasteiger partial charge in [-0.2, -0.15) is 0 Å². The Balaban J connectivity index is 2.18. The van der Waals surface area contributed by atoms with E-state index in [0.29, 0.717) is 11.6 Å². The van der Waals surface area contributed by atoms with E-state index < -0.39 is 10.0 Å². The Kier molecular flexibility index (Phi) is 5.11. The van der Waals surface area contributed by atoms with Crippen LogP contribution in [-0.2, 0) is 16.6 Å². The third kappa shape index (κ3) is 3.80. The molecule has 0 aliphatic rings. The zero-order valence-corrected chi connectivity index (χ0v) is 14.3. The molecule has 0 N–H and O–H groups in total. The van der Waals surface area contributed by atoms with Crippen LogP contribution in [0.25, 0.3) is 0 Å². The fraction of sp³-hybridized carbons (Fsp3) is 0.250. The van der Waals surface area contributed by atoms with Crippen molar-refractivity contribution in [3.8, 4) is 5.75 Å². The van der Waals surface area contributed by atoms with Crippen molar-refractivity contribution in [2.45, 2.75) is 18.4 Å². The molecule has 2 rings (SSSR count). The van der Waals surface area contributed by atoms with Crippen LogP contribution >= 0.6 is 11.6 Å². The molecule has 0 bridgehead atoms. The van der Waals surface area contributed by atoms with Crippen LogP contribution in [-0.4, -0.2) is 26.8 Å². The Hall–Kier alpha value is -1.56. The van der Waals surface area contributed by atoms with Crippen molar-refractivity contribution >= 4 is 21.6 Å². The Morgan fingerprint density at radius 1 is 1.14 bits per heavy atom. The minimum atomic E-state index is -3.44. The lowest BCUT2D eigenvalue weighted by Gasteiger charge is -2.13. The molecular formula is C16H18ClNO3S. The molecule has 0 spiro atoms. The van der Waals surface area contributed by atoms with Crippen LogP contribution in [0.15, 0.2) is 47.4 Å². The second kappa shape index (κ2) is 6.69. The number of aryl methyl sites for hydroxylation is 1. The molecular weight excluding hydrogens is 322 g/mol. The quantitative estimate of drug-likeness (QED) is 0.837. The van der Waals surface area contributed by atoms with Crippen molar-refractivity contribution in [2.24, 2.45) is 0 Å². The summed E-state index contributed by atoms with van der Waals surface area (Å²) in [5.41, 5.74) is 1.72.